The zero-order chi connectivity index (χ0) is 32.0. The molecule has 236 valence electrons. The second-order valence-corrected chi connectivity index (χ2v) is 9.91. The second-order valence-electron chi connectivity index (χ2n) is 9.91. The summed E-state index contributed by atoms with van der Waals surface area (Å²) in [5.41, 5.74) is 2.37. The normalized spacial score (nSPS) is 16.7. The fourth-order valence-corrected chi connectivity index (χ4v) is 4.86. The average Bonchev–Trinajstić information content (AvgIpc) is 3.60. The minimum absolute atomic E-state index is 0.0357. The van der Waals surface area contributed by atoms with Gasteiger partial charge in [-0.15, -0.1) is 10.2 Å². The Labute approximate surface area is 241 Å². The zero-order valence-electron chi connectivity index (χ0n) is 23.0. The van der Waals surface area contributed by atoms with Gasteiger partial charge in [0, 0.05) is 37.3 Å². The van der Waals surface area contributed by atoms with Gasteiger partial charge in [-0.2, -0.15) is 26.3 Å². The lowest BCUT2D eigenvalue weighted by atomic mass is 9.84. The van der Waals surface area contributed by atoms with Crippen molar-refractivity contribution in [3.8, 4) is 17.1 Å². The minimum atomic E-state index is -5.08. The maximum atomic E-state index is 10.6. The molecular weight excluding hydrogens is 592 g/mol. The van der Waals surface area contributed by atoms with Crippen LogP contribution in [-0.2, 0) is 28.2 Å². The highest BCUT2D eigenvalue weighted by atomic mass is 19.4. The molecule has 0 saturated carbocycles. The van der Waals surface area contributed by atoms with Crippen LogP contribution in [0.15, 0.2) is 47.3 Å². The Morgan fingerprint density at radius 1 is 0.977 bits per heavy atom. The van der Waals surface area contributed by atoms with Crippen LogP contribution >= 0.6 is 0 Å². The number of ether oxygens (including phenoxy) is 1. The number of likely N-dealkylation sites (N-methyl/N-ethyl adjacent to an activating group) is 1. The van der Waals surface area contributed by atoms with Gasteiger partial charge in [0.15, 0.2) is 5.82 Å². The van der Waals surface area contributed by atoms with Crippen LogP contribution in [-0.4, -0.2) is 92.9 Å². The first kappa shape index (κ1) is 33.4. The molecule has 0 unspecified atom stereocenters. The molecule has 1 aromatic carbocycles. The Balaban J connectivity index is 0.000000303. The number of halogens is 6. The quantitative estimate of drug-likeness (QED) is 0.408. The van der Waals surface area contributed by atoms with Gasteiger partial charge >= 0.3 is 24.3 Å². The monoisotopic (exact) mass is 621 g/mol. The van der Waals surface area contributed by atoms with Gasteiger partial charge in [-0.25, -0.2) is 9.59 Å². The number of hydrogen-bond acceptors (Lipinski definition) is 8. The number of methoxy groups -OCH3 is 1. The second kappa shape index (κ2) is 13.5. The van der Waals surface area contributed by atoms with Crippen LogP contribution < -0.4 is 4.74 Å². The van der Waals surface area contributed by atoms with Crippen molar-refractivity contribution in [2.75, 3.05) is 33.8 Å². The maximum Gasteiger partial charge on any atom is 0.490 e. The Hall–Kier alpha value is -4.12. The number of likely N-dealkylation sites (tertiary alicyclic amines) is 1. The summed E-state index contributed by atoms with van der Waals surface area (Å²) >= 11 is 0. The van der Waals surface area contributed by atoms with Crippen molar-refractivity contribution in [2.24, 2.45) is 0 Å². The average molecular weight is 622 g/mol. The molecule has 0 atom stereocenters. The number of aromatic nitrogens is 3. The van der Waals surface area contributed by atoms with Crippen LogP contribution in [0.5, 0.6) is 5.75 Å². The Kier molecular flexibility index (Phi) is 10.4. The first-order valence-corrected chi connectivity index (χ1v) is 12.7. The number of carbonyl (C=O) groups is 2. The van der Waals surface area contributed by atoms with Gasteiger partial charge in [0.1, 0.15) is 11.6 Å². The number of nitrogens with zero attached hydrogens (tertiary/aromatic N) is 5. The predicted octanol–water partition coefficient (Wildman–Crippen LogP) is 4.25. The van der Waals surface area contributed by atoms with E-state index in [1.807, 2.05) is 18.4 Å². The highest BCUT2D eigenvalue weighted by Gasteiger charge is 2.43. The summed E-state index contributed by atoms with van der Waals surface area (Å²) in [6, 6.07) is 10.2. The fourth-order valence-electron chi connectivity index (χ4n) is 4.86. The number of alkyl halides is 6. The van der Waals surface area contributed by atoms with Crippen LogP contribution in [0.1, 0.15) is 24.2 Å². The lowest BCUT2D eigenvalue weighted by Crippen LogP contribution is -2.55. The third-order valence-corrected chi connectivity index (χ3v) is 6.79. The van der Waals surface area contributed by atoms with Crippen molar-refractivity contribution in [3.05, 3.63) is 54.2 Å². The van der Waals surface area contributed by atoms with Gasteiger partial charge < -0.3 is 23.9 Å². The first-order chi connectivity index (χ1) is 20.1. The summed E-state index contributed by atoms with van der Waals surface area (Å²) < 4.78 is 76.5. The van der Waals surface area contributed by atoms with Gasteiger partial charge in [0.25, 0.3) is 0 Å². The number of fused-ring (bicyclic) bond motifs is 2. The van der Waals surface area contributed by atoms with E-state index in [1.165, 1.54) is 5.56 Å². The number of furan rings is 1. The summed E-state index contributed by atoms with van der Waals surface area (Å²) in [5, 5.41) is 23.4. The van der Waals surface area contributed by atoms with Crippen LogP contribution in [0.25, 0.3) is 11.4 Å². The SMILES string of the molecule is COc1ccc(-c2nnc3n2C2(CCN(Cc4ccoc4)CC2)CN(C)C3)cc1.O=C(O)C(F)(F)F.O=C(O)C(F)(F)F. The van der Waals surface area contributed by atoms with Crippen molar-refractivity contribution < 1.29 is 55.3 Å². The molecule has 0 amide bonds. The number of rotatable bonds is 4. The Bertz CT molecular complexity index is 1330. The number of aliphatic carboxylic acids is 2. The zero-order valence-corrected chi connectivity index (χ0v) is 23.0. The maximum absolute atomic E-state index is 10.6. The molecule has 4 heterocycles. The van der Waals surface area contributed by atoms with Crippen molar-refractivity contribution in [1.82, 2.24) is 24.6 Å². The molecular formula is C26H29F6N5O6. The van der Waals surface area contributed by atoms with Crippen molar-refractivity contribution in [3.63, 3.8) is 0 Å². The topological polar surface area (TPSA) is 134 Å². The lowest BCUT2D eigenvalue weighted by Gasteiger charge is -2.48. The molecule has 1 fully saturated rings. The third-order valence-electron chi connectivity index (χ3n) is 6.79. The van der Waals surface area contributed by atoms with Crippen LogP contribution in [0.2, 0.25) is 0 Å². The molecule has 0 bridgehead atoms. The number of carboxylic acid groups (broad SMARTS) is 2. The molecule has 0 radical (unpaired) electrons. The molecule has 2 aliphatic heterocycles. The van der Waals surface area contributed by atoms with E-state index in [1.54, 1.807) is 13.4 Å². The number of hydrogen-bond donors (Lipinski definition) is 2. The standard InChI is InChI=1S/C22H27N5O2.2C2HF3O2/c1-25-14-20-23-24-21(18-3-5-19(28-2)6-4-18)27(20)22(16-25)8-10-26(11-9-22)13-17-7-12-29-15-17;2*3-2(4,5)1(6)7/h3-7,12,15H,8-11,13-14,16H2,1-2H3;2*(H,6,7). The van der Waals surface area contributed by atoms with Gasteiger partial charge in [-0.05, 0) is 50.2 Å². The lowest BCUT2D eigenvalue weighted by molar-refractivity contribution is -0.193. The molecule has 3 aromatic rings. The number of carboxylic acids is 2. The van der Waals surface area contributed by atoms with Crippen molar-refractivity contribution in [1.29, 1.82) is 0 Å². The molecule has 2 aromatic heterocycles. The van der Waals surface area contributed by atoms with Crippen LogP contribution in [0.3, 0.4) is 0 Å². The first-order valence-electron chi connectivity index (χ1n) is 12.7. The van der Waals surface area contributed by atoms with E-state index < -0.39 is 24.3 Å². The molecule has 1 saturated heterocycles. The summed E-state index contributed by atoms with van der Waals surface area (Å²) in [6.45, 7) is 4.92. The largest absolute Gasteiger partial charge is 0.497 e. The summed E-state index contributed by atoms with van der Waals surface area (Å²) in [5.74, 6) is -2.62. The van der Waals surface area contributed by atoms with Crippen molar-refractivity contribution in [2.45, 2.75) is 43.8 Å². The molecule has 2 N–H and O–H groups in total. The molecule has 1 spiro atoms. The molecule has 2 aliphatic rings. The smallest absolute Gasteiger partial charge is 0.490 e. The van der Waals surface area contributed by atoms with Crippen LogP contribution in [0.4, 0.5) is 26.3 Å². The van der Waals surface area contributed by atoms with Gasteiger partial charge in [0.05, 0.1) is 31.7 Å². The third kappa shape index (κ3) is 8.70. The van der Waals surface area contributed by atoms with E-state index in [0.29, 0.717) is 0 Å². The minimum Gasteiger partial charge on any atom is -0.497 e. The summed E-state index contributed by atoms with van der Waals surface area (Å²) in [7, 11) is 3.88. The van der Waals surface area contributed by atoms with Gasteiger partial charge in [0.2, 0.25) is 0 Å². The molecule has 43 heavy (non-hydrogen) atoms. The predicted molar refractivity (Wildman–Crippen MR) is 137 cm³/mol. The van der Waals surface area contributed by atoms with Gasteiger partial charge in [-0.3, -0.25) is 9.80 Å². The summed E-state index contributed by atoms with van der Waals surface area (Å²) in [6.07, 6.45) is -4.40. The van der Waals surface area contributed by atoms with E-state index in [4.69, 9.17) is 29.0 Å². The van der Waals surface area contributed by atoms with E-state index in [2.05, 4.69) is 49.8 Å². The number of piperidine rings is 1. The highest BCUT2D eigenvalue weighted by molar-refractivity contribution is 5.73. The van der Waals surface area contributed by atoms with E-state index in [0.717, 1.165) is 68.5 Å². The van der Waals surface area contributed by atoms with E-state index in [9.17, 15) is 26.3 Å². The molecule has 0 aliphatic carbocycles. The van der Waals surface area contributed by atoms with Crippen molar-refractivity contribution >= 4 is 11.9 Å². The van der Waals surface area contributed by atoms with Gasteiger partial charge in [-0.1, -0.05) is 0 Å². The Morgan fingerprint density at radius 3 is 2.00 bits per heavy atom. The number of benzene rings is 1. The fraction of sp³-hybridized carbons (Fsp3) is 0.462. The summed E-state index contributed by atoms with van der Waals surface area (Å²) in [4.78, 5) is 22.7. The molecule has 5 rings (SSSR count). The van der Waals surface area contributed by atoms with E-state index >= 15 is 0 Å². The van der Waals surface area contributed by atoms with Crippen LogP contribution in [0, 0.1) is 0 Å². The van der Waals surface area contributed by atoms with E-state index in [-0.39, 0.29) is 5.54 Å². The molecule has 11 nitrogen and oxygen atoms in total. The molecule has 17 heteroatoms. The Morgan fingerprint density at radius 2 is 1.53 bits per heavy atom. The highest BCUT2D eigenvalue weighted by Crippen LogP contribution is 2.39.